The Labute approximate surface area is 122 Å². The van der Waals surface area contributed by atoms with Gasteiger partial charge in [0.05, 0.1) is 4.92 Å². The minimum absolute atomic E-state index is 0.0330. The van der Waals surface area contributed by atoms with E-state index in [9.17, 15) is 14.9 Å². The minimum Gasteiger partial charge on any atom is -0.480 e. The van der Waals surface area contributed by atoms with E-state index in [-0.39, 0.29) is 5.69 Å². The SMILES string of the molecule is CCC(C(=O)O)N1CCN(c2ccc([N+](=O)[O-])cn2)CC1. The summed E-state index contributed by atoms with van der Waals surface area (Å²) in [6.07, 6.45) is 1.82. The third-order valence-corrected chi connectivity index (χ3v) is 3.69. The summed E-state index contributed by atoms with van der Waals surface area (Å²) in [5.74, 6) is -0.108. The second kappa shape index (κ2) is 6.49. The van der Waals surface area contributed by atoms with E-state index < -0.39 is 16.9 Å². The Kier molecular flexibility index (Phi) is 4.69. The number of carboxylic acid groups (broad SMARTS) is 1. The van der Waals surface area contributed by atoms with Gasteiger partial charge in [0.2, 0.25) is 0 Å². The fourth-order valence-electron chi connectivity index (χ4n) is 2.53. The molecule has 1 unspecified atom stereocenters. The Morgan fingerprint density at radius 3 is 2.52 bits per heavy atom. The molecule has 1 saturated heterocycles. The van der Waals surface area contributed by atoms with Gasteiger partial charge < -0.3 is 10.0 Å². The monoisotopic (exact) mass is 294 g/mol. The summed E-state index contributed by atoms with van der Waals surface area (Å²) in [5, 5.41) is 19.8. The summed E-state index contributed by atoms with van der Waals surface area (Å²) in [7, 11) is 0. The smallest absolute Gasteiger partial charge is 0.320 e. The van der Waals surface area contributed by atoms with Crippen LogP contribution in [0.4, 0.5) is 11.5 Å². The van der Waals surface area contributed by atoms with Gasteiger partial charge in [-0.1, -0.05) is 6.92 Å². The van der Waals surface area contributed by atoms with Gasteiger partial charge in [-0.25, -0.2) is 4.98 Å². The Bertz CT molecular complexity index is 511. The first-order valence-corrected chi connectivity index (χ1v) is 6.85. The number of carbonyl (C=O) groups is 1. The molecule has 0 aromatic carbocycles. The molecular weight excluding hydrogens is 276 g/mol. The molecule has 1 N–H and O–H groups in total. The molecule has 1 atom stereocenters. The first kappa shape index (κ1) is 15.2. The zero-order chi connectivity index (χ0) is 15.4. The summed E-state index contributed by atoms with van der Waals surface area (Å²) in [6, 6.07) is 2.61. The molecule has 1 aliphatic rings. The zero-order valence-electron chi connectivity index (χ0n) is 11.8. The number of aliphatic carboxylic acids is 1. The second-order valence-electron chi connectivity index (χ2n) is 4.92. The summed E-state index contributed by atoms with van der Waals surface area (Å²) < 4.78 is 0. The largest absolute Gasteiger partial charge is 0.480 e. The lowest BCUT2D eigenvalue weighted by Gasteiger charge is -2.37. The van der Waals surface area contributed by atoms with Crippen LogP contribution in [0.5, 0.6) is 0 Å². The van der Waals surface area contributed by atoms with Gasteiger partial charge in [-0.05, 0) is 12.5 Å². The number of nitrogens with zero attached hydrogens (tertiary/aromatic N) is 4. The van der Waals surface area contributed by atoms with Crippen molar-refractivity contribution in [3.05, 3.63) is 28.4 Å². The van der Waals surface area contributed by atoms with Crippen molar-refractivity contribution in [2.24, 2.45) is 0 Å². The van der Waals surface area contributed by atoms with E-state index in [1.807, 2.05) is 16.7 Å². The molecule has 21 heavy (non-hydrogen) atoms. The van der Waals surface area contributed by atoms with E-state index in [1.165, 1.54) is 12.3 Å². The molecule has 1 aliphatic heterocycles. The van der Waals surface area contributed by atoms with Crippen molar-refractivity contribution in [2.75, 3.05) is 31.1 Å². The van der Waals surface area contributed by atoms with Gasteiger partial charge in [0, 0.05) is 32.2 Å². The lowest BCUT2D eigenvalue weighted by Crippen LogP contribution is -2.52. The average Bonchev–Trinajstić information content (AvgIpc) is 2.48. The van der Waals surface area contributed by atoms with Crippen LogP contribution in [0.25, 0.3) is 0 Å². The van der Waals surface area contributed by atoms with Crippen LogP contribution in [0.15, 0.2) is 18.3 Å². The molecule has 1 aromatic heterocycles. The molecule has 0 saturated carbocycles. The standard InChI is InChI=1S/C13H18N4O4/c1-2-11(13(18)19)15-5-7-16(8-6-15)12-4-3-10(9-14-12)17(20)21/h3-4,9,11H,2,5-8H2,1H3,(H,18,19). The number of nitro groups is 1. The van der Waals surface area contributed by atoms with E-state index >= 15 is 0 Å². The predicted octanol–water partition coefficient (Wildman–Crippen LogP) is 0.975. The number of hydrogen-bond acceptors (Lipinski definition) is 6. The summed E-state index contributed by atoms with van der Waals surface area (Å²) in [5.41, 5.74) is -0.0330. The van der Waals surface area contributed by atoms with E-state index in [2.05, 4.69) is 4.98 Å². The fourth-order valence-corrected chi connectivity index (χ4v) is 2.53. The Morgan fingerprint density at radius 2 is 2.10 bits per heavy atom. The number of anilines is 1. The van der Waals surface area contributed by atoms with Crippen LogP contribution < -0.4 is 4.90 Å². The summed E-state index contributed by atoms with van der Waals surface area (Å²) in [6.45, 7) is 4.47. The van der Waals surface area contributed by atoms with Crippen molar-refractivity contribution in [3.63, 3.8) is 0 Å². The molecule has 0 amide bonds. The average molecular weight is 294 g/mol. The molecule has 2 rings (SSSR count). The third kappa shape index (κ3) is 3.46. The van der Waals surface area contributed by atoms with Gasteiger partial charge in [-0.3, -0.25) is 19.8 Å². The first-order valence-electron chi connectivity index (χ1n) is 6.85. The molecule has 114 valence electrons. The lowest BCUT2D eigenvalue weighted by molar-refractivity contribution is -0.385. The minimum atomic E-state index is -0.792. The molecule has 0 radical (unpaired) electrons. The van der Waals surface area contributed by atoms with Crippen molar-refractivity contribution in [1.29, 1.82) is 0 Å². The first-order chi connectivity index (χ1) is 10.0. The number of aromatic nitrogens is 1. The highest BCUT2D eigenvalue weighted by Gasteiger charge is 2.27. The second-order valence-corrected chi connectivity index (χ2v) is 4.92. The van der Waals surface area contributed by atoms with Crippen LogP contribution in [0.1, 0.15) is 13.3 Å². The van der Waals surface area contributed by atoms with Gasteiger partial charge in [0.25, 0.3) is 5.69 Å². The quantitative estimate of drug-likeness (QED) is 0.638. The molecule has 0 spiro atoms. The fraction of sp³-hybridized carbons (Fsp3) is 0.538. The Hall–Kier alpha value is -2.22. The molecule has 8 heteroatoms. The lowest BCUT2D eigenvalue weighted by atomic mass is 10.1. The van der Waals surface area contributed by atoms with Gasteiger partial charge in [0.1, 0.15) is 18.1 Å². The number of carboxylic acids is 1. The van der Waals surface area contributed by atoms with Crippen LogP contribution in [0.2, 0.25) is 0 Å². The Morgan fingerprint density at radius 1 is 1.43 bits per heavy atom. The van der Waals surface area contributed by atoms with Gasteiger partial charge in [0.15, 0.2) is 0 Å². The number of hydrogen-bond donors (Lipinski definition) is 1. The van der Waals surface area contributed by atoms with Crippen molar-refractivity contribution >= 4 is 17.5 Å². The third-order valence-electron chi connectivity index (χ3n) is 3.69. The predicted molar refractivity (Wildman–Crippen MR) is 76.4 cm³/mol. The Balaban J connectivity index is 1.97. The number of pyridine rings is 1. The molecule has 1 aromatic rings. The van der Waals surface area contributed by atoms with E-state index in [0.29, 0.717) is 38.4 Å². The van der Waals surface area contributed by atoms with Gasteiger partial charge in [-0.15, -0.1) is 0 Å². The highest BCUT2D eigenvalue weighted by molar-refractivity contribution is 5.73. The van der Waals surface area contributed by atoms with Gasteiger partial charge in [-0.2, -0.15) is 0 Å². The van der Waals surface area contributed by atoms with E-state index in [1.54, 1.807) is 6.07 Å². The van der Waals surface area contributed by atoms with Crippen LogP contribution in [-0.4, -0.2) is 58.1 Å². The molecule has 2 heterocycles. The highest BCUT2D eigenvalue weighted by atomic mass is 16.6. The van der Waals surface area contributed by atoms with Crippen LogP contribution >= 0.6 is 0 Å². The molecule has 0 aliphatic carbocycles. The number of piperazine rings is 1. The van der Waals surface area contributed by atoms with E-state index in [4.69, 9.17) is 5.11 Å². The maximum atomic E-state index is 11.2. The van der Waals surface area contributed by atoms with Crippen LogP contribution in [-0.2, 0) is 4.79 Å². The molecular formula is C13H18N4O4. The van der Waals surface area contributed by atoms with Crippen LogP contribution in [0.3, 0.4) is 0 Å². The summed E-state index contributed by atoms with van der Waals surface area (Å²) in [4.78, 5) is 29.3. The maximum Gasteiger partial charge on any atom is 0.320 e. The van der Waals surface area contributed by atoms with Crippen LogP contribution in [0, 0.1) is 10.1 Å². The molecule has 8 nitrogen and oxygen atoms in total. The van der Waals surface area contributed by atoms with E-state index in [0.717, 1.165) is 0 Å². The maximum absolute atomic E-state index is 11.2. The van der Waals surface area contributed by atoms with Crippen molar-refractivity contribution in [2.45, 2.75) is 19.4 Å². The normalized spacial score (nSPS) is 17.5. The zero-order valence-corrected chi connectivity index (χ0v) is 11.8. The number of rotatable bonds is 5. The van der Waals surface area contributed by atoms with Crippen molar-refractivity contribution in [1.82, 2.24) is 9.88 Å². The van der Waals surface area contributed by atoms with Gasteiger partial charge >= 0.3 is 5.97 Å². The highest BCUT2D eigenvalue weighted by Crippen LogP contribution is 2.18. The summed E-state index contributed by atoms with van der Waals surface area (Å²) >= 11 is 0. The van der Waals surface area contributed by atoms with Crippen molar-refractivity contribution in [3.8, 4) is 0 Å². The molecule has 1 fully saturated rings. The topological polar surface area (TPSA) is 99.8 Å². The van der Waals surface area contributed by atoms with Crippen molar-refractivity contribution < 1.29 is 14.8 Å². The molecule has 0 bridgehead atoms.